The summed E-state index contributed by atoms with van der Waals surface area (Å²) < 4.78 is 71.6. The lowest BCUT2D eigenvalue weighted by atomic mass is 10.1. The topological polar surface area (TPSA) is 9.23 Å². The standard InChI is InChI=1S/C15H21F5OSi/c1-4-21-22(2,3)9-7-5-6-8-10-11(16)13(18)15(20)14(19)12(10)17/h4-9H2,1-3H3. The van der Waals surface area contributed by atoms with E-state index in [1.165, 1.54) is 0 Å². The van der Waals surface area contributed by atoms with E-state index in [0.717, 1.165) is 12.5 Å². The minimum absolute atomic E-state index is 0.164. The van der Waals surface area contributed by atoms with Crippen LogP contribution in [0.25, 0.3) is 0 Å². The zero-order valence-electron chi connectivity index (χ0n) is 13.0. The SMILES string of the molecule is CCO[Si](C)(C)CCCCCc1c(F)c(F)c(F)c(F)c1F. The Morgan fingerprint density at radius 3 is 1.77 bits per heavy atom. The maximum absolute atomic E-state index is 13.5. The van der Waals surface area contributed by atoms with Gasteiger partial charge >= 0.3 is 0 Å². The fourth-order valence-corrected chi connectivity index (χ4v) is 4.39. The third-order valence-corrected chi connectivity index (χ3v) is 6.17. The van der Waals surface area contributed by atoms with Gasteiger partial charge < -0.3 is 4.43 Å². The van der Waals surface area contributed by atoms with Crippen LogP contribution in [-0.2, 0) is 10.8 Å². The Morgan fingerprint density at radius 1 is 0.773 bits per heavy atom. The molecule has 0 aliphatic rings. The molecule has 1 aromatic rings. The summed E-state index contributed by atoms with van der Waals surface area (Å²) in [6.45, 7) is 6.75. The van der Waals surface area contributed by atoms with Crippen molar-refractivity contribution >= 4 is 8.32 Å². The molecule has 0 saturated heterocycles. The summed E-state index contributed by atoms with van der Waals surface area (Å²) in [5, 5.41) is 0. The minimum Gasteiger partial charge on any atom is -0.418 e. The van der Waals surface area contributed by atoms with Crippen molar-refractivity contribution in [3.8, 4) is 0 Å². The molecule has 0 aromatic heterocycles. The number of benzene rings is 1. The predicted octanol–water partition coefficient (Wildman–Crippen LogP) is 5.34. The van der Waals surface area contributed by atoms with E-state index in [9.17, 15) is 22.0 Å². The molecule has 0 spiro atoms. The number of hydrogen-bond donors (Lipinski definition) is 0. The molecule has 0 atom stereocenters. The molecule has 0 unspecified atom stereocenters. The highest BCUT2D eigenvalue weighted by Crippen LogP contribution is 2.25. The molecule has 0 saturated carbocycles. The van der Waals surface area contributed by atoms with Gasteiger partial charge in [0, 0.05) is 12.2 Å². The average molecular weight is 340 g/mol. The van der Waals surface area contributed by atoms with Gasteiger partial charge in [-0.25, -0.2) is 22.0 Å². The summed E-state index contributed by atoms with van der Waals surface area (Å²) in [4.78, 5) is 0. The largest absolute Gasteiger partial charge is 0.418 e. The summed E-state index contributed by atoms with van der Waals surface area (Å²) in [5.41, 5.74) is -0.724. The van der Waals surface area contributed by atoms with Crippen LogP contribution in [0.15, 0.2) is 0 Å². The summed E-state index contributed by atoms with van der Waals surface area (Å²) in [6, 6.07) is 0.901. The molecule has 0 heterocycles. The highest BCUT2D eigenvalue weighted by Gasteiger charge is 2.25. The molecule has 0 aliphatic heterocycles. The predicted molar refractivity (Wildman–Crippen MR) is 77.7 cm³/mol. The van der Waals surface area contributed by atoms with E-state index in [1.807, 2.05) is 6.92 Å². The second-order valence-electron chi connectivity index (χ2n) is 5.80. The lowest BCUT2D eigenvalue weighted by Crippen LogP contribution is -2.29. The van der Waals surface area contributed by atoms with Gasteiger partial charge in [-0.1, -0.05) is 12.8 Å². The maximum Gasteiger partial charge on any atom is 0.200 e. The van der Waals surface area contributed by atoms with Crippen LogP contribution in [0, 0.1) is 29.1 Å². The Bertz CT molecular complexity index is 490. The lowest BCUT2D eigenvalue weighted by molar-refractivity contribution is 0.327. The van der Waals surface area contributed by atoms with Crippen molar-refractivity contribution in [2.24, 2.45) is 0 Å². The average Bonchev–Trinajstić information content (AvgIpc) is 2.45. The number of hydrogen-bond acceptors (Lipinski definition) is 1. The van der Waals surface area contributed by atoms with E-state index in [2.05, 4.69) is 13.1 Å². The van der Waals surface area contributed by atoms with E-state index < -0.39 is 43.0 Å². The number of halogens is 5. The first-order valence-electron chi connectivity index (χ1n) is 7.35. The van der Waals surface area contributed by atoms with Crippen LogP contribution in [0.3, 0.4) is 0 Å². The second kappa shape index (κ2) is 8.06. The van der Waals surface area contributed by atoms with Crippen molar-refractivity contribution in [2.75, 3.05) is 6.61 Å². The van der Waals surface area contributed by atoms with E-state index in [-0.39, 0.29) is 6.42 Å². The Labute approximate surface area is 128 Å². The van der Waals surface area contributed by atoms with Crippen molar-refractivity contribution in [1.29, 1.82) is 0 Å². The zero-order chi connectivity index (χ0) is 16.9. The second-order valence-corrected chi connectivity index (χ2v) is 10.1. The quantitative estimate of drug-likeness (QED) is 0.204. The third-order valence-electron chi connectivity index (χ3n) is 3.54. The Morgan fingerprint density at radius 2 is 1.27 bits per heavy atom. The lowest BCUT2D eigenvalue weighted by Gasteiger charge is -2.21. The van der Waals surface area contributed by atoms with E-state index >= 15 is 0 Å². The van der Waals surface area contributed by atoms with Crippen LogP contribution < -0.4 is 0 Å². The molecule has 1 aromatic carbocycles. The number of rotatable bonds is 8. The molecule has 1 rings (SSSR count). The maximum atomic E-state index is 13.5. The smallest absolute Gasteiger partial charge is 0.200 e. The van der Waals surface area contributed by atoms with Gasteiger partial charge in [0.15, 0.2) is 31.6 Å². The van der Waals surface area contributed by atoms with Crippen molar-refractivity contribution in [3.63, 3.8) is 0 Å². The van der Waals surface area contributed by atoms with Crippen LogP contribution in [0.5, 0.6) is 0 Å². The molecule has 0 bridgehead atoms. The van der Waals surface area contributed by atoms with Gasteiger partial charge in [0.2, 0.25) is 5.82 Å². The molecule has 7 heteroatoms. The van der Waals surface area contributed by atoms with Gasteiger partial charge in [-0.15, -0.1) is 0 Å². The fraction of sp³-hybridized carbons (Fsp3) is 0.600. The first-order valence-corrected chi connectivity index (χ1v) is 10.5. The van der Waals surface area contributed by atoms with E-state index in [0.29, 0.717) is 19.4 Å². The van der Waals surface area contributed by atoms with Crippen LogP contribution >= 0.6 is 0 Å². The molecule has 0 fully saturated rings. The van der Waals surface area contributed by atoms with Gasteiger partial charge in [-0.05, 0) is 38.9 Å². The van der Waals surface area contributed by atoms with Gasteiger partial charge in [0.1, 0.15) is 0 Å². The van der Waals surface area contributed by atoms with Crippen LogP contribution in [0.4, 0.5) is 22.0 Å². The van der Waals surface area contributed by atoms with Crippen molar-refractivity contribution in [2.45, 2.75) is 51.7 Å². The van der Waals surface area contributed by atoms with Crippen LogP contribution in [-0.4, -0.2) is 14.9 Å². The monoisotopic (exact) mass is 340 g/mol. The Balaban J connectivity index is 2.56. The molecule has 1 nitrogen and oxygen atoms in total. The summed E-state index contributed by atoms with van der Waals surface area (Å²) in [6.07, 6.45) is 1.68. The highest BCUT2D eigenvalue weighted by atomic mass is 28.4. The van der Waals surface area contributed by atoms with E-state index in [4.69, 9.17) is 4.43 Å². The Kier molecular flexibility index (Phi) is 6.99. The first-order chi connectivity index (χ1) is 10.2. The Hall–Kier alpha value is -0.953. The summed E-state index contributed by atoms with van der Waals surface area (Å²) in [7, 11) is -1.70. The zero-order valence-corrected chi connectivity index (χ0v) is 14.0. The van der Waals surface area contributed by atoms with Crippen molar-refractivity contribution < 1.29 is 26.4 Å². The van der Waals surface area contributed by atoms with E-state index in [1.54, 1.807) is 0 Å². The first kappa shape index (κ1) is 19.1. The normalized spacial score (nSPS) is 12.0. The van der Waals surface area contributed by atoms with Gasteiger partial charge in [0.05, 0.1) is 0 Å². The summed E-state index contributed by atoms with van der Waals surface area (Å²) >= 11 is 0. The molecule has 22 heavy (non-hydrogen) atoms. The van der Waals surface area contributed by atoms with Gasteiger partial charge in [-0.2, -0.15) is 0 Å². The molecule has 126 valence electrons. The van der Waals surface area contributed by atoms with Gasteiger partial charge in [-0.3, -0.25) is 0 Å². The minimum atomic E-state index is -2.11. The molecule has 0 aliphatic carbocycles. The number of unbranched alkanes of at least 4 members (excludes halogenated alkanes) is 2. The van der Waals surface area contributed by atoms with Crippen molar-refractivity contribution in [3.05, 3.63) is 34.6 Å². The molecule has 0 radical (unpaired) electrons. The third kappa shape index (κ3) is 4.77. The molecular formula is C15H21F5OSi. The van der Waals surface area contributed by atoms with Crippen LogP contribution in [0.2, 0.25) is 19.1 Å². The molecular weight excluding hydrogens is 319 g/mol. The molecule has 0 N–H and O–H groups in total. The highest BCUT2D eigenvalue weighted by molar-refractivity contribution is 6.71. The summed E-state index contributed by atoms with van der Waals surface area (Å²) in [5.74, 6) is -9.30. The van der Waals surface area contributed by atoms with Crippen LogP contribution in [0.1, 0.15) is 31.7 Å². The van der Waals surface area contributed by atoms with Gasteiger partial charge in [0.25, 0.3) is 0 Å². The fourth-order valence-electron chi connectivity index (χ4n) is 2.36. The molecule has 0 amide bonds. The van der Waals surface area contributed by atoms with Crippen molar-refractivity contribution in [1.82, 2.24) is 0 Å².